The molecule has 0 aliphatic carbocycles. The van der Waals surface area contributed by atoms with Crippen LogP contribution in [0.4, 0.5) is 0 Å². The van der Waals surface area contributed by atoms with Crippen molar-refractivity contribution in [1.29, 1.82) is 0 Å². The van der Waals surface area contributed by atoms with Gasteiger partial charge in [-0.15, -0.1) is 0 Å². The fourth-order valence-corrected chi connectivity index (χ4v) is 5.36. The SMILES string of the molecule is CCCCCCCCCCCCCCCCCCNC(=O)c1c(-c2ccccc2)nn(-c2ccccc2)c1C. The lowest BCUT2D eigenvalue weighted by molar-refractivity contribution is 0.0953. The predicted octanol–water partition coefficient (Wildman–Crippen LogP) is 9.84. The van der Waals surface area contributed by atoms with Crippen molar-refractivity contribution in [2.24, 2.45) is 0 Å². The number of para-hydroxylation sites is 1. The quantitative estimate of drug-likeness (QED) is 0.148. The van der Waals surface area contributed by atoms with E-state index in [9.17, 15) is 4.79 Å². The number of hydrogen-bond donors (Lipinski definition) is 1. The molecule has 4 nitrogen and oxygen atoms in total. The van der Waals surface area contributed by atoms with E-state index >= 15 is 0 Å². The Morgan fingerprint density at radius 3 is 1.64 bits per heavy atom. The summed E-state index contributed by atoms with van der Waals surface area (Å²) in [6.45, 7) is 4.98. The van der Waals surface area contributed by atoms with Crippen LogP contribution in [0, 0.1) is 6.92 Å². The summed E-state index contributed by atoms with van der Waals surface area (Å²) in [5.74, 6) is -0.0329. The maximum Gasteiger partial charge on any atom is 0.255 e. The predicted molar refractivity (Wildman–Crippen MR) is 166 cm³/mol. The molecule has 1 heterocycles. The summed E-state index contributed by atoms with van der Waals surface area (Å²) >= 11 is 0. The molecule has 0 saturated carbocycles. The van der Waals surface area contributed by atoms with Crippen molar-refractivity contribution < 1.29 is 4.79 Å². The molecule has 39 heavy (non-hydrogen) atoms. The van der Waals surface area contributed by atoms with E-state index in [2.05, 4.69) is 12.2 Å². The van der Waals surface area contributed by atoms with Crippen molar-refractivity contribution in [3.63, 3.8) is 0 Å². The average molecular weight is 530 g/mol. The first-order chi connectivity index (χ1) is 19.2. The second-order valence-corrected chi connectivity index (χ2v) is 11.0. The van der Waals surface area contributed by atoms with Crippen molar-refractivity contribution in [2.45, 2.75) is 117 Å². The molecule has 0 fully saturated rings. The number of carbonyl (C=O) groups excluding carboxylic acids is 1. The van der Waals surface area contributed by atoms with Crippen LogP contribution >= 0.6 is 0 Å². The van der Waals surface area contributed by atoms with Crippen molar-refractivity contribution in [2.75, 3.05) is 6.54 Å². The molecule has 0 atom stereocenters. The highest BCUT2D eigenvalue weighted by atomic mass is 16.1. The molecular weight excluding hydrogens is 478 g/mol. The van der Waals surface area contributed by atoms with Crippen LogP contribution in [-0.2, 0) is 0 Å². The number of aromatic nitrogens is 2. The Balaban J connectivity index is 1.32. The molecular formula is C35H51N3O. The van der Waals surface area contributed by atoms with Gasteiger partial charge in [0.05, 0.1) is 16.9 Å². The van der Waals surface area contributed by atoms with Gasteiger partial charge in [0.1, 0.15) is 5.69 Å². The second kappa shape index (κ2) is 18.4. The molecule has 0 aliphatic heterocycles. The fraction of sp³-hybridized carbons (Fsp3) is 0.543. The first kappa shape index (κ1) is 30.7. The van der Waals surface area contributed by atoms with Gasteiger partial charge in [0.15, 0.2) is 0 Å². The smallest absolute Gasteiger partial charge is 0.255 e. The Kier molecular flexibility index (Phi) is 14.5. The van der Waals surface area contributed by atoms with Crippen LogP contribution in [-0.4, -0.2) is 22.2 Å². The van der Waals surface area contributed by atoms with Crippen LogP contribution in [0.25, 0.3) is 16.9 Å². The van der Waals surface area contributed by atoms with E-state index < -0.39 is 0 Å². The van der Waals surface area contributed by atoms with E-state index in [0.29, 0.717) is 12.1 Å². The Bertz CT molecular complexity index is 1060. The van der Waals surface area contributed by atoms with Crippen LogP contribution in [0.2, 0.25) is 0 Å². The number of carbonyl (C=O) groups is 1. The van der Waals surface area contributed by atoms with Gasteiger partial charge >= 0.3 is 0 Å². The summed E-state index contributed by atoms with van der Waals surface area (Å²) in [4.78, 5) is 13.3. The minimum absolute atomic E-state index is 0.0329. The van der Waals surface area contributed by atoms with Crippen LogP contribution < -0.4 is 5.32 Å². The molecule has 0 aliphatic rings. The third-order valence-electron chi connectivity index (χ3n) is 7.71. The van der Waals surface area contributed by atoms with E-state index in [1.165, 1.54) is 96.3 Å². The van der Waals surface area contributed by atoms with Gasteiger partial charge < -0.3 is 5.32 Å². The lowest BCUT2D eigenvalue weighted by Gasteiger charge is -2.08. The summed E-state index contributed by atoms with van der Waals surface area (Å²) < 4.78 is 1.88. The Morgan fingerprint density at radius 2 is 1.13 bits per heavy atom. The Morgan fingerprint density at radius 1 is 0.667 bits per heavy atom. The summed E-state index contributed by atoms with van der Waals surface area (Å²) in [5, 5.41) is 8.03. The summed E-state index contributed by atoms with van der Waals surface area (Å²) in [5.41, 5.74) is 4.19. The normalized spacial score (nSPS) is 11.1. The highest BCUT2D eigenvalue weighted by Gasteiger charge is 2.22. The largest absolute Gasteiger partial charge is 0.352 e. The highest BCUT2D eigenvalue weighted by molar-refractivity contribution is 6.01. The van der Waals surface area contributed by atoms with E-state index in [-0.39, 0.29) is 5.91 Å². The Hall–Kier alpha value is -2.88. The zero-order valence-electron chi connectivity index (χ0n) is 24.6. The number of amides is 1. The van der Waals surface area contributed by atoms with Gasteiger partial charge in [-0.25, -0.2) is 4.68 Å². The summed E-state index contributed by atoms with van der Waals surface area (Å²) in [7, 11) is 0. The van der Waals surface area contributed by atoms with E-state index in [4.69, 9.17) is 5.10 Å². The number of hydrogen-bond acceptors (Lipinski definition) is 2. The third kappa shape index (κ3) is 10.7. The molecule has 1 N–H and O–H groups in total. The molecule has 212 valence electrons. The zero-order chi connectivity index (χ0) is 27.5. The van der Waals surface area contributed by atoms with Crippen molar-refractivity contribution >= 4 is 5.91 Å². The van der Waals surface area contributed by atoms with Gasteiger partial charge in [0.2, 0.25) is 0 Å². The number of nitrogens with one attached hydrogen (secondary N) is 1. The molecule has 0 radical (unpaired) electrons. The van der Waals surface area contributed by atoms with Gasteiger partial charge in [-0.3, -0.25) is 4.79 Å². The molecule has 1 aromatic heterocycles. The van der Waals surface area contributed by atoms with E-state index in [1.54, 1.807) is 0 Å². The molecule has 3 rings (SSSR count). The van der Waals surface area contributed by atoms with Crippen LogP contribution in [0.5, 0.6) is 0 Å². The number of rotatable bonds is 20. The number of nitrogens with zero attached hydrogens (tertiary/aromatic N) is 2. The molecule has 2 aromatic carbocycles. The maximum atomic E-state index is 13.3. The Labute approximate surface area is 237 Å². The molecule has 0 bridgehead atoms. The minimum Gasteiger partial charge on any atom is -0.352 e. The molecule has 1 amide bonds. The van der Waals surface area contributed by atoms with Gasteiger partial charge in [-0.05, 0) is 25.5 Å². The number of unbranched alkanes of at least 4 members (excludes halogenated alkanes) is 15. The molecule has 4 heteroatoms. The average Bonchev–Trinajstić information content (AvgIpc) is 3.32. The summed E-state index contributed by atoms with van der Waals surface area (Å²) in [6, 6.07) is 20.0. The monoisotopic (exact) mass is 529 g/mol. The maximum absolute atomic E-state index is 13.3. The highest BCUT2D eigenvalue weighted by Crippen LogP contribution is 2.27. The molecule has 0 spiro atoms. The van der Waals surface area contributed by atoms with Gasteiger partial charge in [-0.1, -0.05) is 152 Å². The fourth-order valence-electron chi connectivity index (χ4n) is 5.36. The van der Waals surface area contributed by atoms with E-state index in [0.717, 1.165) is 29.1 Å². The van der Waals surface area contributed by atoms with Crippen LogP contribution in [0.15, 0.2) is 60.7 Å². The lowest BCUT2D eigenvalue weighted by Crippen LogP contribution is -2.25. The standard InChI is InChI=1S/C35H51N3O/c1-3-4-5-6-7-8-9-10-11-12-13-14-15-16-17-24-29-36-35(39)33-30(2)38(32-27-22-19-23-28-32)37-34(33)31-25-20-18-21-26-31/h18-23,25-28H,3-17,24,29H2,1-2H3,(H,36,39). The number of benzene rings is 2. The van der Waals surface area contributed by atoms with Gasteiger partial charge in [0.25, 0.3) is 5.91 Å². The zero-order valence-corrected chi connectivity index (χ0v) is 24.6. The topological polar surface area (TPSA) is 46.9 Å². The second-order valence-electron chi connectivity index (χ2n) is 11.0. The first-order valence-electron chi connectivity index (χ1n) is 15.7. The minimum atomic E-state index is -0.0329. The van der Waals surface area contributed by atoms with Crippen LogP contribution in [0.3, 0.4) is 0 Å². The lowest BCUT2D eigenvalue weighted by atomic mass is 10.0. The third-order valence-corrected chi connectivity index (χ3v) is 7.71. The molecule has 0 unspecified atom stereocenters. The molecule has 0 saturated heterocycles. The van der Waals surface area contributed by atoms with Crippen LogP contribution in [0.1, 0.15) is 126 Å². The van der Waals surface area contributed by atoms with E-state index in [1.807, 2.05) is 72.3 Å². The first-order valence-corrected chi connectivity index (χ1v) is 15.7. The van der Waals surface area contributed by atoms with Gasteiger partial charge in [-0.2, -0.15) is 5.10 Å². The van der Waals surface area contributed by atoms with Gasteiger partial charge in [0, 0.05) is 12.1 Å². The van der Waals surface area contributed by atoms with Crippen molar-refractivity contribution in [3.05, 3.63) is 71.9 Å². The molecule has 3 aromatic rings. The van der Waals surface area contributed by atoms with Crippen molar-refractivity contribution in [1.82, 2.24) is 15.1 Å². The van der Waals surface area contributed by atoms with Crippen molar-refractivity contribution in [3.8, 4) is 16.9 Å². The summed E-state index contributed by atoms with van der Waals surface area (Å²) in [6.07, 6.45) is 21.6.